The minimum Gasteiger partial charge on any atom is -0.416 e. The van der Waals surface area contributed by atoms with Gasteiger partial charge in [0, 0.05) is 33.8 Å². The second-order valence-corrected chi connectivity index (χ2v) is 15.7. The number of aromatic nitrogens is 2. The Balaban J connectivity index is 0.986. The molecule has 0 saturated carbocycles. The van der Waals surface area contributed by atoms with Crippen LogP contribution in [0.15, 0.2) is 172 Å². The van der Waals surface area contributed by atoms with Gasteiger partial charge in [-0.1, -0.05) is 98.8 Å². The number of nitrogens with zero attached hydrogens (tertiary/aromatic N) is 3. The van der Waals surface area contributed by atoms with Crippen LogP contribution < -0.4 is 4.90 Å². The second kappa shape index (κ2) is 15.2. The van der Waals surface area contributed by atoms with Gasteiger partial charge in [-0.2, -0.15) is 0 Å². The second-order valence-electron chi connectivity index (χ2n) is 13.8. The average Bonchev–Trinajstić information content (AvgIpc) is 3.80. The number of rotatable bonds is 11. The zero-order valence-corrected chi connectivity index (χ0v) is 31.4. The third kappa shape index (κ3) is 7.16. The summed E-state index contributed by atoms with van der Waals surface area (Å²) in [6.45, 7) is 4.52. The molecule has 7 aromatic rings. The van der Waals surface area contributed by atoms with Crippen molar-refractivity contribution >= 4 is 38.8 Å². The van der Waals surface area contributed by atoms with Crippen LogP contribution in [-0.2, 0) is 9.84 Å². The molecule has 0 spiro atoms. The number of ketones is 1. The molecule has 6 aromatic carbocycles. The van der Waals surface area contributed by atoms with Crippen LogP contribution in [0.5, 0.6) is 0 Å². The van der Waals surface area contributed by atoms with Gasteiger partial charge in [0.05, 0.1) is 4.90 Å². The lowest BCUT2D eigenvalue weighted by Gasteiger charge is -2.26. The highest BCUT2D eigenvalue weighted by Crippen LogP contribution is 2.39. The van der Waals surface area contributed by atoms with Gasteiger partial charge < -0.3 is 9.32 Å². The van der Waals surface area contributed by atoms with Crippen molar-refractivity contribution in [1.82, 2.24) is 10.2 Å². The van der Waals surface area contributed by atoms with E-state index in [9.17, 15) is 13.2 Å². The molecule has 1 aliphatic rings. The molecule has 2 heterocycles. The third-order valence-corrected chi connectivity index (χ3v) is 12.1. The lowest BCUT2D eigenvalue weighted by molar-refractivity contribution is 0.104. The lowest BCUT2D eigenvalue weighted by Crippen LogP contribution is -2.10. The van der Waals surface area contributed by atoms with E-state index in [0.29, 0.717) is 29.2 Å². The molecular formula is C47H39N3O4S. The molecule has 0 fully saturated rings. The van der Waals surface area contributed by atoms with Crippen LogP contribution in [0, 0.1) is 0 Å². The fourth-order valence-electron chi connectivity index (χ4n) is 7.29. The average molecular weight is 742 g/mol. The van der Waals surface area contributed by atoms with E-state index < -0.39 is 15.6 Å². The normalized spacial score (nSPS) is 15.1. The Morgan fingerprint density at radius 1 is 0.636 bits per heavy atom. The lowest BCUT2D eigenvalue weighted by atomic mass is 9.84. The van der Waals surface area contributed by atoms with Crippen LogP contribution in [0.4, 0.5) is 17.1 Å². The maximum Gasteiger partial charge on any atom is 0.248 e. The first-order chi connectivity index (χ1) is 26.8. The van der Waals surface area contributed by atoms with Gasteiger partial charge in [-0.15, -0.1) is 10.2 Å². The predicted molar refractivity (Wildman–Crippen MR) is 218 cm³/mol. The summed E-state index contributed by atoms with van der Waals surface area (Å²) in [5.74, 6) is 1.24. The van der Waals surface area contributed by atoms with Gasteiger partial charge in [-0.25, -0.2) is 8.42 Å². The molecule has 1 aliphatic heterocycles. The number of sulfone groups is 1. The van der Waals surface area contributed by atoms with Crippen molar-refractivity contribution in [1.29, 1.82) is 0 Å². The van der Waals surface area contributed by atoms with Crippen molar-refractivity contribution < 1.29 is 17.6 Å². The number of para-hydroxylation sites is 1. The number of fused-ring (bicyclic) bond motifs is 1. The molecule has 0 N–H and O–H groups in total. The molecule has 0 aliphatic carbocycles. The summed E-state index contributed by atoms with van der Waals surface area (Å²) in [5.41, 5.74) is 8.08. The molecule has 0 saturated heterocycles. The maximum absolute atomic E-state index is 13.2. The predicted octanol–water partition coefficient (Wildman–Crippen LogP) is 11.6. The van der Waals surface area contributed by atoms with E-state index in [-0.39, 0.29) is 15.4 Å². The molecule has 55 heavy (non-hydrogen) atoms. The van der Waals surface area contributed by atoms with Gasteiger partial charge in [0.15, 0.2) is 0 Å². The maximum atomic E-state index is 13.2. The standard InChI is InChI=1S/C47H39N3O4S/c1-3-34(36-20-22-38(23-21-36)47-49-48-46(54-47)37-12-6-4-7-13-37)30-32(2)35-24-28-41(29-25-35)50(39-14-8-5-9-15-39)40-26-18-33(19-27-40)31-44-45(51)42-16-10-11-17-43(42)55(44,52)53/h4-29,31-32,34H,3,30H2,1-2H3. The van der Waals surface area contributed by atoms with Crippen LogP contribution in [0.25, 0.3) is 29.0 Å². The first-order valence-corrected chi connectivity index (χ1v) is 19.9. The fraction of sp³-hybridized carbons (Fsp3) is 0.128. The van der Waals surface area contributed by atoms with Crippen molar-refractivity contribution in [3.63, 3.8) is 0 Å². The number of hydrogen-bond donors (Lipinski definition) is 0. The minimum atomic E-state index is -3.87. The molecule has 7 nitrogen and oxygen atoms in total. The summed E-state index contributed by atoms with van der Waals surface area (Å²) < 4.78 is 32.3. The number of benzene rings is 6. The highest BCUT2D eigenvalue weighted by atomic mass is 32.2. The summed E-state index contributed by atoms with van der Waals surface area (Å²) >= 11 is 0. The zero-order chi connectivity index (χ0) is 37.9. The van der Waals surface area contributed by atoms with Crippen molar-refractivity contribution in [2.45, 2.75) is 43.4 Å². The molecule has 8 heteroatoms. The Hall–Kier alpha value is -6.38. The third-order valence-electron chi connectivity index (χ3n) is 10.3. The van der Waals surface area contributed by atoms with Crippen LogP contribution in [-0.4, -0.2) is 24.4 Å². The van der Waals surface area contributed by atoms with Gasteiger partial charge >= 0.3 is 0 Å². The Bertz CT molecular complexity index is 2580. The highest BCUT2D eigenvalue weighted by molar-refractivity contribution is 7.97. The van der Waals surface area contributed by atoms with Gasteiger partial charge in [0.2, 0.25) is 27.4 Å². The van der Waals surface area contributed by atoms with Crippen LogP contribution >= 0.6 is 0 Å². The van der Waals surface area contributed by atoms with E-state index in [1.54, 1.807) is 18.2 Å². The van der Waals surface area contributed by atoms with Crippen LogP contribution in [0.3, 0.4) is 0 Å². The van der Waals surface area contributed by atoms with E-state index in [1.807, 2.05) is 72.8 Å². The van der Waals surface area contributed by atoms with E-state index in [2.05, 4.69) is 89.6 Å². The highest BCUT2D eigenvalue weighted by Gasteiger charge is 2.38. The molecule has 2 unspecified atom stereocenters. The fourth-order valence-corrected chi connectivity index (χ4v) is 8.88. The topological polar surface area (TPSA) is 93.4 Å². The number of carbonyl (C=O) groups is 1. The zero-order valence-electron chi connectivity index (χ0n) is 30.5. The Labute approximate surface area is 321 Å². The van der Waals surface area contributed by atoms with Gasteiger partial charge in [-0.3, -0.25) is 4.79 Å². The summed E-state index contributed by atoms with van der Waals surface area (Å²) in [7, 11) is -3.87. The molecule has 0 radical (unpaired) electrons. The van der Waals surface area contributed by atoms with E-state index in [4.69, 9.17) is 4.42 Å². The minimum absolute atomic E-state index is 0.0644. The van der Waals surface area contributed by atoms with Gasteiger partial charge in [-0.05, 0) is 120 Å². The summed E-state index contributed by atoms with van der Waals surface area (Å²) in [6.07, 6.45) is 3.48. The van der Waals surface area contributed by atoms with Gasteiger partial charge in [0.1, 0.15) is 4.91 Å². The Morgan fingerprint density at radius 2 is 1.16 bits per heavy atom. The van der Waals surface area contributed by atoms with Crippen LogP contribution in [0.2, 0.25) is 0 Å². The smallest absolute Gasteiger partial charge is 0.248 e. The monoisotopic (exact) mass is 741 g/mol. The van der Waals surface area contributed by atoms with Crippen molar-refractivity contribution in [3.8, 4) is 22.9 Å². The first kappa shape index (κ1) is 35.6. The van der Waals surface area contributed by atoms with Crippen molar-refractivity contribution in [2.75, 3.05) is 4.90 Å². The van der Waals surface area contributed by atoms with Gasteiger partial charge in [0.25, 0.3) is 0 Å². The molecule has 8 rings (SSSR count). The number of carbonyl (C=O) groups excluding carboxylic acids is 1. The number of hydrogen-bond acceptors (Lipinski definition) is 7. The summed E-state index contributed by atoms with van der Waals surface area (Å²) in [6, 6.07) is 51.1. The number of anilines is 3. The molecule has 0 amide bonds. The van der Waals surface area contributed by atoms with Crippen molar-refractivity contribution in [2.24, 2.45) is 0 Å². The molecule has 0 bridgehead atoms. The van der Waals surface area contributed by atoms with Crippen molar-refractivity contribution in [3.05, 3.63) is 185 Å². The molecule has 1 aromatic heterocycles. The SMILES string of the molecule is CCC(CC(C)c1ccc(N(c2ccccc2)c2ccc(C=C3C(=O)c4ccccc4S3(=O)=O)cc2)cc1)c1ccc(-c2nnc(-c3ccccc3)o2)cc1. The Kier molecular flexibility index (Phi) is 9.83. The quantitative estimate of drug-likeness (QED) is 0.122. The number of allylic oxidation sites excluding steroid dienone is 1. The molecule has 272 valence electrons. The summed E-state index contributed by atoms with van der Waals surface area (Å²) in [5, 5.41) is 8.53. The number of Topliss-reactive ketones (excluding diaryl/α,β-unsaturated/α-hetero) is 1. The largest absolute Gasteiger partial charge is 0.416 e. The first-order valence-electron chi connectivity index (χ1n) is 18.4. The van der Waals surface area contributed by atoms with E-state index in [1.165, 1.54) is 23.3 Å². The molecular weight excluding hydrogens is 703 g/mol. The molecule has 2 atom stereocenters. The Morgan fingerprint density at radius 3 is 1.78 bits per heavy atom. The summed E-state index contributed by atoms with van der Waals surface area (Å²) in [4.78, 5) is 15.1. The van der Waals surface area contributed by atoms with E-state index in [0.717, 1.165) is 41.0 Å². The van der Waals surface area contributed by atoms with Crippen LogP contribution in [0.1, 0.15) is 65.6 Å². The van der Waals surface area contributed by atoms with E-state index >= 15 is 0 Å².